The molecular weight excluding hydrogens is 272 g/mol. The molecule has 0 bridgehead atoms. The van der Waals surface area contributed by atoms with E-state index in [1.165, 1.54) is 11.7 Å². The summed E-state index contributed by atoms with van der Waals surface area (Å²) in [6, 6.07) is 5.22. The van der Waals surface area contributed by atoms with Gasteiger partial charge in [-0.2, -0.15) is 4.98 Å². The van der Waals surface area contributed by atoms with Gasteiger partial charge >= 0.3 is 5.97 Å². The number of ether oxygens (including phenoxy) is 1. The minimum Gasteiger partial charge on any atom is -0.481 e. The zero-order valence-electron chi connectivity index (χ0n) is 12.5. The van der Waals surface area contributed by atoms with Crippen molar-refractivity contribution in [3.8, 4) is 5.88 Å². The Hall–Kier alpha value is -2.37. The molecule has 6 nitrogen and oxygen atoms in total. The summed E-state index contributed by atoms with van der Waals surface area (Å²) in [5.41, 5.74) is 0.155. The standard InChI is InChI=1S/C15H18N2O4/c1-15(2,3)10-7-9-5-6-11(21-4)16-13(9)17(14(10)20)8-12(18)19/h5-7H,8H2,1-4H3,(H,18,19). The van der Waals surface area contributed by atoms with Crippen molar-refractivity contribution < 1.29 is 14.6 Å². The summed E-state index contributed by atoms with van der Waals surface area (Å²) in [4.78, 5) is 27.9. The number of aromatic nitrogens is 2. The van der Waals surface area contributed by atoms with Crippen LogP contribution in [0.4, 0.5) is 0 Å². The molecule has 0 aliphatic rings. The highest BCUT2D eigenvalue weighted by atomic mass is 16.5. The second kappa shape index (κ2) is 5.20. The quantitative estimate of drug-likeness (QED) is 0.932. The number of carboxylic acid groups (broad SMARTS) is 1. The minimum absolute atomic E-state index is 0.315. The van der Waals surface area contributed by atoms with Crippen molar-refractivity contribution in [3.63, 3.8) is 0 Å². The molecule has 6 heteroatoms. The summed E-state index contributed by atoms with van der Waals surface area (Å²) in [5.74, 6) is -0.751. The van der Waals surface area contributed by atoms with Gasteiger partial charge in [-0.05, 0) is 17.5 Å². The van der Waals surface area contributed by atoms with E-state index in [1.54, 1.807) is 18.2 Å². The number of aliphatic carboxylic acids is 1. The highest BCUT2D eigenvalue weighted by Crippen LogP contribution is 2.23. The summed E-state index contributed by atoms with van der Waals surface area (Å²) in [6.07, 6.45) is 0. The molecule has 0 saturated heterocycles. The predicted octanol–water partition coefficient (Wildman–Crippen LogP) is 1.79. The second-order valence-corrected chi connectivity index (χ2v) is 5.86. The number of rotatable bonds is 3. The third kappa shape index (κ3) is 2.89. The smallest absolute Gasteiger partial charge is 0.323 e. The molecule has 0 fully saturated rings. The van der Waals surface area contributed by atoms with E-state index in [9.17, 15) is 9.59 Å². The summed E-state index contributed by atoms with van der Waals surface area (Å²) in [5, 5.41) is 9.76. The fraction of sp³-hybridized carbons (Fsp3) is 0.400. The molecule has 112 valence electrons. The van der Waals surface area contributed by atoms with Crippen LogP contribution in [-0.2, 0) is 16.8 Å². The van der Waals surface area contributed by atoms with Crippen molar-refractivity contribution in [2.45, 2.75) is 32.7 Å². The Morgan fingerprint density at radius 1 is 1.38 bits per heavy atom. The summed E-state index contributed by atoms with van der Waals surface area (Å²) in [7, 11) is 1.47. The lowest BCUT2D eigenvalue weighted by molar-refractivity contribution is -0.137. The molecule has 0 aromatic carbocycles. The molecule has 2 aromatic rings. The van der Waals surface area contributed by atoms with Gasteiger partial charge in [-0.15, -0.1) is 0 Å². The Balaban J connectivity index is 2.86. The van der Waals surface area contributed by atoms with E-state index >= 15 is 0 Å². The van der Waals surface area contributed by atoms with E-state index in [0.717, 1.165) is 0 Å². The monoisotopic (exact) mass is 290 g/mol. The van der Waals surface area contributed by atoms with Gasteiger partial charge in [0, 0.05) is 17.0 Å². The number of hydrogen-bond acceptors (Lipinski definition) is 4. The molecule has 2 rings (SSSR count). The van der Waals surface area contributed by atoms with Crippen molar-refractivity contribution in [1.82, 2.24) is 9.55 Å². The number of hydrogen-bond donors (Lipinski definition) is 1. The average Bonchev–Trinajstić information content (AvgIpc) is 2.39. The Morgan fingerprint density at radius 2 is 2.05 bits per heavy atom. The van der Waals surface area contributed by atoms with Crippen LogP contribution in [0.25, 0.3) is 11.0 Å². The lowest BCUT2D eigenvalue weighted by Crippen LogP contribution is -2.32. The van der Waals surface area contributed by atoms with Crippen molar-refractivity contribution in [3.05, 3.63) is 34.1 Å². The minimum atomic E-state index is -1.09. The second-order valence-electron chi connectivity index (χ2n) is 5.86. The normalized spacial score (nSPS) is 11.6. The van der Waals surface area contributed by atoms with Crippen LogP contribution in [0.1, 0.15) is 26.3 Å². The van der Waals surface area contributed by atoms with Gasteiger partial charge in [0.15, 0.2) is 0 Å². The molecule has 2 heterocycles. The van der Waals surface area contributed by atoms with Crippen molar-refractivity contribution in [2.75, 3.05) is 7.11 Å². The average molecular weight is 290 g/mol. The molecule has 0 aliphatic heterocycles. The number of carbonyl (C=O) groups is 1. The maximum Gasteiger partial charge on any atom is 0.323 e. The molecular formula is C15H18N2O4. The first-order chi connectivity index (χ1) is 9.74. The van der Waals surface area contributed by atoms with Crippen LogP contribution >= 0.6 is 0 Å². The number of fused-ring (bicyclic) bond motifs is 1. The first-order valence-corrected chi connectivity index (χ1v) is 6.55. The maximum absolute atomic E-state index is 12.6. The first-order valence-electron chi connectivity index (χ1n) is 6.55. The Bertz CT molecular complexity index is 757. The van der Waals surface area contributed by atoms with E-state index in [-0.39, 0.29) is 11.0 Å². The van der Waals surface area contributed by atoms with Gasteiger partial charge in [0.25, 0.3) is 5.56 Å². The molecule has 21 heavy (non-hydrogen) atoms. The van der Waals surface area contributed by atoms with Crippen LogP contribution in [0.15, 0.2) is 23.0 Å². The van der Waals surface area contributed by atoms with Gasteiger partial charge in [0.1, 0.15) is 12.2 Å². The van der Waals surface area contributed by atoms with E-state index in [4.69, 9.17) is 9.84 Å². The maximum atomic E-state index is 12.6. The van der Waals surface area contributed by atoms with Crippen LogP contribution in [0.2, 0.25) is 0 Å². The van der Waals surface area contributed by atoms with Crippen LogP contribution in [-0.4, -0.2) is 27.7 Å². The largest absolute Gasteiger partial charge is 0.481 e. The lowest BCUT2D eigenvalue weighted by Gasteiger charge is -2.20. The molecule has 0 spiro atoms. The number of nitrogens with zero attached hydrogens (tertiary/aromatic N) is 2. The fourth-order valence-electron chi connectivity index (χ4n) is 2.16. The van der Waals surface area contributed by atoms with Crippen molar-refractivity contribution in [1.29, 1.82) is 0 Å². The van der Waals surface area contributed by atoms with Crippen LogP contribution in [0.3, 0.4) is 0 Å². The third-order valence-corrected chi connectivity index (χ3v) is 3.22. The van der Waals surface area contributed by atoms with Crippen LogP contribution in [0, 0.1) is 0 Å². The van der Waals surface area contributed by atoms with E-state index in [0.29, 0.717) is 22.5 Å². The van der Waals surface area contributed by atoms with Gasteiger partial charge < -0.3 is 9.84 Å². The lowest BCUT2D eigenvalue weighted by atomic mass is 9.87. The van der Waals surface area contributed by atoms with E-state index < -0.39 is 12.5 Å². The van der Waals surface area contributed by atoms with Gasteiger partial charge in [-0.25, -0.2) is 0 Å². The van der Waals surface area contributed by atoms with E-state index in [2.05, 4.69) is 4.98 Å². The topological polar surface area (TPSA) is 81.4 Å². The fourth-order valence-corrected chi connectivity index (χ4v) is 2.16. The van der Waals surface area contributed by atoms with Gasteiger partial charge in [-0.1, -0.05) is 20.8 Å². The molecule has 2 aromatic heterocycles. The molecule has 0 radical (unpaired) electrons. The molecule has 0 atom stereocenters. The Kier molecular flexibility index (Phi) is 3.72. The zero-order valence-corrected chi connectivity index (χ0v) is 12.5. The van der Waals surface area contributed by atoms with Gasteiger partial charge in [0.05, 0.1) is 7.11 Å². The molecule has 0 amide bonds. The molecule has 0 aliphatic carbocycles. The SMILES string of the molecule is COc1ccc2cc(C(C)(C)C)c(=O)n(CC(=O)O)c2n1. The highest BCUT2D eigenvalue weighted by Gasteiger charge is 2.22. The summed E-state index contributed by atoms with van der Waals surface area (Å²) in [6.45, 7) is 5.31. The molecule has 0 unspecified atom stereocenters. The summed E-state index contributed by atoms with van der Waals surface area (Å²) < 4.78 is 6.23. The number of carboxylic acids is 1. The molecule has 0 saturated carbocycles. The zero-order chi connectivity index (χ0) is 15.8. The Morgan fingerprint density at radius 3 is 2.57 bits per heavy atom. The van der Waals surface area contributed by atoms with Gasteiger partial charge in [0.2, 0.25) is 5.88 Å². The molecule has 1 N–H and O–H groups in total. The summed E-state index contributed by atoms with van der Waals surface area (Å²) >= 11 is 0. The predicted molar refractivity (Wildman–Crippen MR) is 78.9 cm³/mol. The first kappa shape index (κ1) is 15.0. The van der Waals surface area contributed by atoms with Crippen LogP contribution in [0.5, 0.6) is 5.88 Å². The van der Waals surface area contributed by atoms with Crippen molar-refractivity contribution >= 4 is 17.0 Å². The Labute approximate surface area is 122 Å². The van der Waals surface area contributed by atoms with Gasteiger partial charge in [-0.3, -0.25) is 14.2 Å². The third-order valence-electron chi connectivity index (χ3n) is 3.22. The van der Waals surface area contributed by atoms with E-state index in [1.807, 2.05) is 20.8 Å². The highest BCUT2D eigenvalue weighted by molar-refractivity contribution is 5.78. The number of pyridine rings is 2. The van der Waals surface area contributed by atoms with Crippen LogP contribution < -0.4 is 10.3 Å². The van der Waals surface area contributed by atoms with Crippen molar-refractivity contribution in [2.24, 2.45) is 0 Å². The number of methoxy groups -OCH3 is 1.